The number of carbonyl (C=O) groups is 3. The Bertz CT molecular complexity index is 1010. The Labute approximate surface area is 175 Å². The molecule has 30 heavy (non-hydrogen) atoms. The molecule has 0 aliphatic rings. The van der Waals surface area contributed by atoms with Gasteiger partial charge in [0.25, 0.3) is 0 Å². The fourth-order valence-corrected chi connectivity index (χ4v) is 3.04. The molecular formula is C25H22O5. The van der Waals surface area contributed by atoms with Crippen molar-refractivity contribution in [2.24, 2.45) is 0 Å². The molecule has 0 amide bonds. The van der Waals surface area contributed by atoms with Gasteiger partial charge in [-0.05, 0) is 24.1 Å². The highest BCUT2D eigenvalue weighted by Gasteiger charge is 2.27. The van der Waals surface area contributed by atoms with E-state index in [-0.39, 0.29) is 11.5 Å². The second-order valence-corrected chi connectivity index (χ2v) is 6.73. The van der Waals surface area contributed by atoms with E-state index in [0.29, 0.717) is 24.0 Å². The number of hydrogen-bond acceptors (Lipinski definition) is 5. The van der Waals surface area contributed by atoms with Crippen molar-refractivity contribution in [3.05, 3.63) is 102 Å². The molecule has 0 radical (unpaired) electrons. The Balaban J connectivity index is 1.82. The van der Waals surface area contributed by atoms with Crippen molar-refractivity contribution >= 4 is 17.7 Å². The van der Waals surface area contributed by atoms with Crippen LogP contribution in [0.1, 0.15) is 40.9 Å². The molecule has 0 saturated carbocycles. The number of aryl methyl sites for hydroxylation is 1. The van der Waals surface area contributed by atoms with Gasteiger partial charge in [0.1, 0.15) is 5.75 Å². The number of Topliss-reactive ketones (excluding diaryl/α,β-unsaturated/α-hetero) is 1. The average molecular weight is 402 g/mol. The van der Waals surface area contributed by atoms with Crippen molar-refractivity contribution in [1.82, 2.24) is 0 Å². The van der Waals surface area contributed by atoms with Crippen molar-refractivity contribution < 1.29 is 23.9 Å². The van der Waals surface area contributed by atoms with Gasteiger partial charge in [-0.3, -0.25) is 9.59 Å². The van der Waals surface area contributed by atoms with Crippen molar-refractivity contribution in [3.8, 4) is 5.75 Å². The van der Waals surface area contributed by atoms with E-state index < -0.39 is 18.0 Å². The van der Waals surface area contributed by atoms with E-state index >= 15 is 0 Å². The number of para-hydroxylation sites is 1. The van der Waals surface area contributed by atoms with E-state index in [1.165, 1.54) is 0 Å². The number of ketones is 1. The van der Waals surface area contributed by atoms with E-state index in [1.54, 1.807) is 54.6 Å². The summed E-state index contributed by atoms with van der Waals surface area (Å²) >= 11 is 0. The van der Waals surface area contributed by atoms with Crippen LogP contribution < -0.4 is 4.74 Å². The molecule has 1 atom stereocenters. The molecule has 0 heterocycles. The Morgan fingerprint density at radius 2 is 1.40 bits per heavy atom. The van der Waals surface area contributed by atoms with Crippen LogP contribution in [0.4, 0.5) is 0 Å². The van der Waals surface area contributed by atoms with Gasteiger partial charge in [-0.1, -0.05) is 72.8 Å². The number of rotatable bonds is 8. The van der Waals surface area contributed by atoms with Crippen LogP contribution in [0.25, 0.3) is 0 Å². The summed E-state index contributed by atoms with van der Waals surface area (Å²) in [4.78, 5) is 36.6. The summed E-state index contributed by atoms with van der Waals surface area (Å²) in [6.45, 7) is 1.15. The average Bonchev–Trinajstić information content (AvgIpc) is 2.77. The topological polar surface area (TPSA) is 69.7 Å². The molecule has 152 valence electrons. The van der Waals surface area contributed by atoms with E-state index in [4.69, 9.17) is 9.47 Å². The van der Waals surface area contributed by atoms with Crippen molar-refractivity contribution in [2.45, 2.75) is 25.9 Å². The molecule has 3 rings (SSSR count). The normalized spacial score (nSPS) is 11.4. The zero-order chi connectivity index (χ0) is 21.3. The third-order valence-corrected chi connectivity index (χ3v) is 4.48. The lowest BCUT2D eigenvalue weighted by Crippen LogP contribution is -2.24. The third-order valence-electron chi connectivity index (χ3n) is 4.48. The summed E-state index contributed by atoms with van der Waals surface area (Å²) in [5.41, 5.74) is 1.97. The van der Waals surface area contributed by atoms with Crippen molar-refractivity contribution in [3.63, 3.8) is 0 Å². The van der Waals surface area contributed by atoms with Gasteiger partial charge in [0.15, 0.2) is 5.78 Å². The lowest BCUT2D eigenvalue weighted by Gasteiger charge is -2.19. The standard InChI is InChI=1S/C25H22O5/c1-18(26)29-25(28)24(20-12-6-3-7-13-20)30-23-15-9-8-14-21(23)22(27)17-16-19-10-4-2-5-11-19/h2-15,24H,16-17H2,1H3. The van der Waals surface area contributed by atoms with Crippen LogP contribution in [-0.4, -0.2) is 17.7 Å². The number of ether oxygens (including phenoxy) is 2. The van der Waals surface area contributed by atoms with Crippen molar-refractivity contribution in [1.29, 1.82) is 0 Å². The minimum absolute atomic E-state index is 0.0961. The third kappa shape index (κ3) is 5.64. The van der Waals surface area contributed by atoms with Gasteiger partial charge in [-0.25, -0.2) is 4.79 Å². The minimum Gasteiger partial charge on any atom is -0.473 e. The molecular weight excluding hydrogens is 380 g/mol. The minimum atomic E-state index is -1.17. The van der Waals surface area contributed by atoms with Gasteiger partial charge in [0, 0.05) is 18.9 Å². The highest BCUT2D eigenvalue weighted by atomic mass is 16.6. The summed E-state index contributed by atoms with van der Waals surface area (Å²) < 4.78 is 10.7. The molecule has 5 nitrogen and oxygen atoms in total. The first-order chi connectivity index (χ1) is 14.5. The molecule has 0 fully saturated rings. The van der Waals surface area contributed by atoms with E-state index in [1.807, 2.05) is 30.3 Å². The molecule has 0 aliphatic heterocycles. The Hall–Kier alpha value is -3.73. The quantitative estimate of drug-likeness (QED) is 0.310. The lowest BCUT2D eigenvalue weighted by atomic mass is 10.0. The summed E-state index contributed by atoms with van der Waals surface area (Å²) in [5, 5.41) is 0. The monoisotopic (exact) mass is 402 g/mol. The fraction of sp³-hybridized carbons (Fsp3) is 0.160. The first-order valence-corrected chi connectivity index (χ1v) is 9.64. The second kappa shape index (κ2) is 10.2. The van der Waals surface area contributed by atoms with Gasteiger partial charge >= 0.3 is 11.9 Å². The lowest BCUT2D eigenvalue weighted by molar-refractivity contribution is -0.163. The van der Waals surface area contributed by atoms with Crippen LogP contribution in [0.2, 0.25) is 0 Å². The Morgan fingerprint density at radius 1 is 0.800 bits per heavy atom. The van der Waals surface area contributed by atoms with Gasteiger partial charge in [0.05, 0.1) is 5.56 Å². The van der Waals surface area contributed by atoms with E-state index in [9.17, 15) is 14.4 Å². The molecule has 0 bridgehead atoms. The van der Waals surface area contributed by atoms with E-state index in [2.05, 4.69) is 0 Å². The highest BCUT2D eigenvalue weighted by molar-refractivity contribution is 5.99. The zero-order valence-electron chi connectivity index (χ0n) is 16.6. The number of carbonyl (C=O) groups excluding carboxylic acids is 3. The smallest absolute Gasteiger partial charge is 0.359 e. The van der Waals surface area contributed by atoms with Crippen LogP contribution >= 0.6 is 0 Å². The second-order valence-electron chi connectivity index (χ2n) is 6.73. The van der Waals surface area contributed by atoms with Crippen LogP contribution in [0.15, 0.2) is 84.9 Å². The predicted molar refractivity (Wildman–Crippen MR) is 112 cm³/mol. The summed E-state index contributed by atoms with van der Waals surface area (Å²) in [5.74, 6) is -1.39. The largest absolute Gasteiger partial charge is 0.473 e. The predicted octanol–water partition coefficient (Wildman–Crippen LogP) is 4.71. The molecule has 0 saturated heterocycles. The summed E-state index contributed by atoms with van der Waals surface area (Å²) in [6.07, 6.45) is -0.265. The maximum atomic E-state index is 12.9. The maximum absolute atomic E-state index is 12.9. The van der Waals surface area contributed by atoms with Gasteiger partial charge in [-0.15, -0.1) is 0 Å². The van der Waals surface area contributed by atoms with Crippen LogP contribution in [0.3, 0.4) is 0 Å². The number of hydrogen-bond donors (Lipinski definition) is 0. The fourth-order valence-electron chi connectivity index (χ4n) is 3.04. The number of benzene rings is 3. The number of esters is 2. The van der Waals surface area contributed by atoms with E-state index in [0.717, 1.165) is 12.5 Å². The highest BCUT2D eigenvalue weighted by Crippen LogP contribution is 2.28. The first kappa shape index (κ1) is 21.0. The van der Waals surface area contributed by atoms with Crippen LogP contribution in [0, 0.1) is 0 Å². The molecule has 0 aliphatic carbocycles. The van der Waals surface area contributed by atoms with Crippen LogP contribution in [-0.2, 0) is 20.7 Å². The SMILES string of the molecule is CC(=O)OC(=O)C(Oc1ccccc1C(=O)CCc1ccccc1)c1ccccc1. The summed E-state index contributed by atoms with van der Waals surface area (Å²) in [7, 11) is 0. The zero-order valence-corrected chi connectivity index (χ0v) is 16.6. The van der Waals surface area contributed by atoms with Crippen LogP contribution in [0.5, 0.6) is 5.75 Å². The van der Waals surface area contributed by atoms with Gasteiger partial charge in [0.2, 0.25) is 6.10 Å². The molecule has 5 heteroatoms. The van der Waals surface area contributed by atoms with Crippen molar-refractivity contribution in [2.75, 3.05) is 0 Å². The molecule has 0 N–H and O–H groups in total. The first-order valence-electron chi connectivity index (χ1n) is 9.64. The molecule has 1 unspecified atom stereocenters. The summed E-state index contributed by atoms with van der Waals surface area (Å²) in [6, 6.07) is 25.2. The van der Waals surface area contributed by atoms with Gasteiger partial charge in [-0.2, -0.15) is 0 Å². The Morgan fingerprint density at radius 3 is 2.07 bits per heavy atom. The van der Waals surface area contributed by atoms with Gasteiger partial charge < -0.3 is 9.47 Å². The molecule has 3 aromatic rings. The molecule has 0 aromatic heterocycles. The molecule has 3 aromatic carbocycles. The maximum Gasteiger partial charge on any atom is 0.359 e. The molecule has 0 spiro atoms. The Kier molecular flexibility index (Phi) is 7.11.